The highest BCUT2D eigenvalue weighted by Crippen LogP contribution is 2.39. The SMILES string of the molecule is Cc1cc(OCC2CC2)c2c(c1)OC[C@H]1C[C@H](Oc3ccc4c(c3)CCC(=O)N4)CN1C2=O. The van der Waals surface area contributed by atoms with E-state index in [1.54, 1.807) is 0 Å². The molecule has 2 atom stereocenters. The van der Waals surface area contributed by atoms with E-state index >= 15 is 0 Å². The number of hydrogen-bond acceptors (Lipinski definition) is 5. The molecule has 1 N–H and O–H groups in total. The highest BCUT2D eigenvalue weighted by atomic mass is 16.5. The number of nitrogens with zero attached hydrogens (tertiary/aromatic N) is 1. The largest absolute Gasteiger partial charge is 0.492 e. The number of nitrogens with one attached hydrogen (secondary N) is 1. The van der Waals surface area contributed by atoms with Gasteiger partial charge in [-0.25, -0.2) is 0 Å². The van der Waals surface area contributed by atoms with Crippen LogP contribution in [0.4, 0.5) is 5.69 Å². The van der Waals surface area contributed by atoms with Gasteiger partial charge in [0.15, 0.2) is 0 Å². The highest BCUT2D eigenvalue weighted by molar-refractivity contribution is 6.00. The standard InChI is InChI=1S/C26H28N2O5/c1-15-8-22(31-13-16-2-3-16)25-23(9-15)32-14-18-11-20(12-28(18)26(25)30)33-19-5-6-21-17(10-19)4-7-24(29)27-21/h5-6,8-10,16,18,20H,2-4,7,11-14H2,1H3,(H,27,29)/t18-,20+/m1/s1. The van der Waals surface area contributed by atoms with E-state index in [4.69, 9.17) is 14.2 Å². The average molecular weight is 449 g/mol. The van der Waals surface area contributed by atoms with Crippen molar-refractivity contribution in [2.24, 2.45) is 5.92 Å². The number of rotatable bonds is 5. The van der Waals surface area contributed by atoms with Crippen LogP contribution in [0.2, 0.25) is 0 Å². The average Bonchev–Trinajstić information content (AvgIpc) is 3.56. The summed E-state index contributed by atoms with van der Waals surface area (Å²) in [5.41, 5.74) is 3.50. The van der Waals surface area contributed by atoms with Gasteiger partial charge in [0.25, 0.3) is 5.91 Å². The molecule has 2 amide bonds. The molecule has 0 bridgehead atoms. The predicted molar refractivity (Wildman–Crippen MR) is 122 cm³/mol. The number of fused-ring (bicyclic) bond motifs is 3. The Bertz CT molecular complexity index is 1130. The molecular formula is C26H28N2O5. The molecule has 33 heavy (non-hydrogen) atoms. The number of carbonyl (C=O) groups excluding carboxylic acids is 2. The number of hydrogen-bond donors (Lipinski definition) is 1. The molecule has 0 aromatic heterocycles. The van der Waals surface area contributed by atoms with Gasteiger partial charge in [0.1, 0.15) is 35.5 Å². The maximum atomic E-state index is 13.6. The Morgan fingerprint density at radius 1 is 1.15 bits per heavy atom. The summed E-state index contributed by atoms with van der Waals surface area (Å²) >= 11 is 0. The number of ether oxygens (including phenoxy) is 3. The lowest BCUT2D eigenvalue weighted by atomic mass is 10.0. The van der Waals surface area contributed by atoms with Crippen molar-refractivity contribution in [3.63, 3.8) is 0 Å². The van der Waals surface area contributed by atoms with Gasteiger partial charge < -0.3 is 24.4 Å². The Morgan fingerprint density at radius 3 is 2.88 bits per heavy atom. The zero-order valence-corrected chi connectivity index (χ0v) is 18.8. The van der Waals surface area contributed by atoms with Gasteiger partial charge in [0.2, 0.25) is 5.91 Å². The Balaban J connectivity index is 1.20. The summed E-state index contributed by atoms with van der Waals surface area (Å²) in [5, 5.41) is 2.90. The lowest BCUT2D eigenvalue weighted by Crippen LogP contribution is -2.37. The van der Waals surface area contributed by atoms with Crippen molar-refractivity contribution < 1.29 is 23.8 Å². The fourth-order valence-corrected chi connectivity index (χ4v) is 4.97. The summed E-state index contributed by atoms with van der Waals surface area (Å²) < 4.78 is 18.5. The summed E-state index contributed by atoms with van der Waals surface area (Å²) in [7, 11) is 0. The molecule has 1 saturated heterocycles. The van der Waals surface area contributed by atoms with Crippen LogP contribution in [0.15, 0.2) is 30.3 Å². The molecule has 0 spiro atoms. The molecule has 1 aliphatic carbocycles. The Kier molecular flexibility index (Phi) is 4.93. The summed E-state index contributed by atoms with van der Waals surface area (Å²) in [4.78, 5) is 27.1. The second-order valence-electron chi connectivity index (χ2n) is 9.66. The third-order valence-corrected chi connectivity index (χ3v) is 6.94. The fourth-order valence-electron chi connectivity index (χ4n) is 4.97. The first-order chi connectivity index (χ1) is 16.0. The Morgan fingerprint density at radius 2 is 2.03 bits per heavy atom. The summed E-state index contributed by atoms with van der Waals surface area (Å²) in [6, 6.07) is 9.61. The van der Waals surface area contributed by atoms with E-state index in [1.807, 2.05) is 42.2 Å². The third kappa shape index (κ3) is 4.01. The van der Waals surface area contributed by atoms with E-state index in [-0.39, 0.29) is 24.0 Å². The highest BCUT2D eigenvalue weighted by Gasteiger charge is 2.41. The molecule has 7 nitrogen and oxygen atoms in total. The van der Waals surface area contributed by atoms with E-state index in [2.05, 4.69) is 5.32 Å². The number of anilines is 1. The lowest BCUT2D eigenvalue weighted by Gasteiger charge is -2.21. The number of aryl methyl sites for hydroxylation is 2. The minimum atomic E-state index is -0.110. The number of benzene rings is 2. The topological polar surface area (TPSA) is 77.1 Å². The van der Waals surface area contributed by atoms with Gasteiger partial charge in [0.05, 0.1) is 19.2 Å². The van der Waals surface area contributed by atoms with E-state index in [0.29, 0.717) is 62.0 Å². The molecule has 4 aliphatic rings. The maximum Gasteiger partial charge on any atom is 0.261 e. The van der Waals surface area contributed by atoms with Crippen LogP contribution < -0.4 is 19.5 Å². The third-order valence-electron chi connectivity index (χ3n) is 6.94. The van der Waals surface area contributed by atoms with Crippen LogP contribution in [0.5, 0.6) is 17.2 Å². The van der Waals surface area contributed by atoms with Gasteiger partial charge in [-0.15, -0.1) is 0 Å². The molecule has 172 valence electrons. The molecular weight excluding hydrogens is 420 g/mol. The second kappa shape index (κ2) is 7.97. The maximum absolute atomic E-state index is 13.6. The smallest absolute Gasteiger partial charge is 0.261 e. The van der Waals surface area contributed by atoms with Gasteiger partial charge in [-0.1, -0.05) is 0 Å². The van der Waals surface area contributed by atoms with Crippen molar-refractivity contribution in [2.45, 2.75) is 51.2 Å². The molecule has 6 rings (SSSR count). The number of amides is 2. The van der Waals surface area contributed by atoms with E-state index in [0.717, 1.165) is 22.6 Å². The Hall–Kier alpha value is -3.22. The summed E-state index contributed by atoms with van der Waals surface area (Å²) in [5.74, 6) is 2.63. The molecule has 0 unspecified atom stereocenters. The van der Waals surface area contributed by atoms with Crippen LogP contribution in [0, 0.1) is 12.8 Å². The summed E-state index contributed by atoms with van der Waals surface area (Å²) in [6.07, 6.45) is 4.20. The van der Waals surface area contributed by atoms with E-state index < -0.39 is 0 Å². The van der Waals surface area contributed by atoms with E-state index in [1.165, 1.54) is 12.8 Å². The molecule has 3 aliphatic heterocycles. The van der Waals surface area contributed by atoms with Crippen molar-refractivity contribution in [3.8, 4) is 17.2 Å². The first-order valence-electron chi connectivity index (χ1n) is 11.8. The van der Waals surface area contributed by atoms with Gasteiger partial charge >= 0.3 is 0 Å². The minimum absolute atomic E-state index is 0.0385. The van der Waals surface area contributed by atoms with Gasteiger partial charge in [-0.2, -0.15) is 0 Å². The van der Waals surface area contributed by atoms with Gasteiger partial charge in [-0.3, -0.25) is 9.59 Å². The van der Waals surface area contributed by atoms with Crippen LogP contribution in [0.25, 0.3) is 0 Å². The molecule has 1 saturated carbocycles. The van der Waals surface area contributed by atoms with Crippen LogP contribution >= 0.6 is 0 Å². The molecule has 3 heterocycles. The molecule has 0 radical (unpaired) electrons. The quantitative estimate of drug-likeness (QED) is 0.754. The zero-order chi connectivity index (χ0) is 22.5. The second-order valence-corrected chi connectivity index (χ2v) is 9.66. The zero-order valence-electron chi connectivity index (χ0n) is 18.8. The van der Waals surface area contributed by atoms with Crippen LogP contribution in [-0.4, -0.2) is 48.6 Å². The molecule has 2 aromatic rings. The van der Waals surface area contributed by atoms with E-state index in [9.17, 15) is 9.59 Å². The van der Waals surface area contributed by atoms with Crippen LogP contribution in [0.3, 0.4) is 0 Å². The predicted octanol–water partition coefficient (Wildman–Crippen LogP) is 3.72. The van der Waals surface area contributed by atoms with Crippen molar-refractivity contribution >= 4 is 17.5 Å². The first-order valence-corrected chi connectivity index (χ1v) is 11.8. The molecule has 2 fully saturated rings. The van der Waals surface area contributed by atoms with Crippen molar-refractivity contribution in [2.75, 3.05) is 25.1 Å². The van der Waals surface area contributed by atoms with Gasteiger partial charge in [0, 0.05) is 18.5 Å². The van der Waals surface area contributed by atoms with Crippen molar-refractivity contribution in [3.05, 3.63) is 47.0 Å². The van der Waals surface area contributed by atoms with Gasteiger partial charge in [-0.05, 0) is 73.6 Å². The monoisotopic (exact) mass is 448 g/mol. The lowest BCUT2D eigenvalue weighted by molar-refractivity contribution is -0.116. The fraction of sp³-hybridized carbons (Fsp3) is 0.462. The summed E-state index contributed by atoms with van der Waals surface area (Å²) in [6.45, 7) is 3.60. The Labute approximate surface area is 193 Å². The first kappa shape index (κ1) is 20.4. The molecule has 2 aromatic carbocycles. The normalized spacial score (nSPS) is 23.6. The van der Waals surface area contributed by atoms with Crippen LogP contribution in [-0.2, 0) is 11.2 Å². The number of carbonyl (C=O) groups is 2. The van der Waals surface area contributed by atoms with Crippen molar-refractivity contribution in [1.29, 1.82) is 0 Å². The van der Waals surface area contributed by atoms with Crippen LogP contribution in [0.1, 0.15) is 47.2 Å². The van der Waals surface area contributed by atoms with Crippen molar-refractivity contribution in [1.82, 2.24) is 4.90 Å². The minimum Gasteiger partial charge on any atom is -0.492 e. The molecule has 7 heteroatoms.